The number of carbonyl (C=O) groups is 2. The largest absolute Gasteiger partial charge is 0.331 e. The number of hydrogen-bond acceptors (Lipinski definition) is 2. The van der Waals surface area contributed by atoms with Crippen LogP contribution in [0.5, 0.6) is 0 Å². The number of carbonyl (C=O) groups excluding carboxylic acids is 2. The van der Waals surface area contributed by atoms with E-state index >= 15 is 0 Å². The van der Waals surface area contributed by atoms with Gasteiger partial charge in [0, 0.05) is 18.3 Å². The monoisotopic (exact) mass is 300 g/mol. The summed E-state index contributed by atoms with van der Waals surface area (Å²) in [4.78, 5) is 26.6. The third kappa shape index (κ3) is 2.87. The first-order chi connectivity index (χ1) is 10.3. The highest BCUT2D eigenvalue weighted by atomic mass is 16.2. The molecule has 0 spiro atoms. The van der Waals surface area contributed by atoms with Gasteiger partial charge in [0.25, 0.3) is 0 Å². The van der Waals surface area contributed by atoms with Gasteiger partial charge < -0.3 is 10.2 Å². The zero-order chi connectivity index (χ0) is 16.0. The number of benzene rings is 1. The quantitative estimate of drug-likeness (QED) is 0.810. The second-order valence-electron chi connectivity index (χ2n) is 7.97. The van der Waals surface area contributed by atoms with Crippen LogP contribution in [0.2, 0.25) is 0 Å². The van der Waals surface area contributed by atoms with Gasteiger partial charge in [-0.25, -0.2) is 0 Å². The lowest BCUT2D eigenvalue weighted by Crippen LogP contribution is -2.43. The van der Waals surface area contributed by atoms with Crippen LogP contribution in [0.25, 0.3) is 0 Å². The third-order valence-corrected chi connectivity index (χ3v) is 4.90. The SMILES string of the molecule is CC1(C)CC2CC(C)(CN2C(=O)C(=O)Nc2ccccc2)C1. The van der Waals surface area contributed by atoms with E-state index in [4.69, 9.17) is 0 Å². The number of likely N-dealkylation sites (tertiary alicyclic amines) is 1. The highest BCUT2D eigenvalue weighted by molar-refractivity contribution is 6.39. The summed E-state index contributed by atoms with van der Waals surface area (Å²) >= 11 is 0. The Balaban J connectivity index is 1.72. The van der Waals surface area contributed by atoms with Gasteiger partial charge in [-0.1, -0.05) is 39.0 Å². The molecule has 1 aliphatic carbocycles. The maximum Gasteiger partial charge on any atom is 0.313 e. The second-order valence-corrected chi connectivity index (χ2v) is 7.97. The highest BCUT2D eigenvalue weighted by Gasteiger charge is 2.51. The first-order valence-corrected chi connectivity index (χ1v) is 7.95. The molecule has 22 heavy (non-hydrogen) atoms. The molecule has 0 radical (unpaired) electrons. The number of rotatable bonds is 1. The summed E-state index contributed by atoms with van der Waals surface area (Å²) in [6, 6.07) is 9.33. The number of amides is 2. The molecule has 1 aromatic rings. The topological polar surface area (TPSA) is 49.4 Å². The van der Waals surface area contributed by atoms with Gasteiger partial charge in [-0.2, -0.15) is 0 Å². The Bertz CT molecular complexity index is 596. The average Bonchev–Trinajstić information content (AvgIpc) is 2.68. The molecule has 2 amide bonds. The van der Waals surface area contributed by atoms with Crippen LogP contribution < -0.4 is 5.32 Å². The van der Waals surface area contributed by atoms with Crippen LogP contribution in [-0.4, -0.2) is 29.3 Å². The number of para-hydroxylation sites is 1. The maximum absolute atomic E-state index is 12.6. The van der Waals surface area contributed by atoms with Gasteiger partial charge in [0.2, 0.25) is 0 Å². The molecular formula is C18H24N2O2. The zero-order valence-corrected chi connectivity index (χ0v) is 13.6. The third-order valence-electron chi connectivity index (χ3n) is 4.90. The van der Waals surface area contributed by atoms with Crippen LogP contribution in [0, 0.1) is 10.8 Å². The van der Waals surface area contributed by atoms with Crippen molar-refractivity contribution in [1.82, 2.24) is 4.90 Å². The summed E-state index contributed by atoms with van der Waals surface area (Å²) in [5.74, 6) is -0.921. The number of nitrogens with zero attached hydrogens (tertiary/aromatic N) is 1. The molecule has 2 aliphatic rings. The highest BCUT2D eigenvalue weighted by Crippen LogP contribution is 2.52. The van der Waals surface area contributed by atoms with E-state index in [1.165, 1.54) is 0 Å². The Kier molecular flexibility index (Phi) is 3.50. The van der Waals surface area contributed by atoms with E-state index in [2.05, 4.69) is 26.1 Å². The van der Waals surface area contributed by atoms with Crippen LogP contribution in [-0.2, 0) is 9.59 Å². The van der Waals surface area contributed by atoms with E-state index in [0.29, 0.717) is 12.2 Å². The van der Waals surface area contributed by atoms with Gasteiger partial charge in [0.1, 0.15) is 0 Å². The normalized spacial score (nSPS) is 29.2. The molecule has 4 nitrogen and oxygen atoms in total. The first-order valence-electron chi connectivity index (χ1n) is 7.95. The molecule has 1 heterocycles. The van der Waals surface area contributed by atoms with Gasteiger partial charge in [0.15, 0.2) is 0 Å². The number of nitrogens with one attached hydrogen (secondary N) is 1. The van der Waals surface area contributed by atoms with Gasteiger partial charge in [0.05, 0.1) is 0 Å². The Hall–Kier alpha value is -1.84. The maximum atomic E-state index is 12.6. The van der Waals surface area contributed by atoms with Crippen LogP contribution in [0.1, 0.15) is 40.0 Å². The van der Waals surface area contributed by atoms with Crippen molar-refractivity contribution < 1.29 is 9.59 Å². The molecule has 1 aliphatic heterocycles. The molecule has 4 heteroatoms. The molecule has 1 saturated heterocycles. The molecule has 1 saturated carbocycles. The average molecular weight is 300 g/mol. The lowest BCUT2D eigenvalue weighted by atomic mass is 9.65. The Labute approximate surface area is 131 Å². The van der Waals surface area contributed by atoms with Crippen molar-refractivity contribution in [1.29, 1.82) is 0 Å². The summed E-state index contributed by atoms with van der Waals surface area (Å²) in [5.41, 5.74) is 1.05. The molecular weight excluding hydrogens is 276 g/mol. The molecule has 2 bridgehead atoms. The number of anilines is 1. The molecule has 2 atom stereocenters. The van der Waals surface area contributed by atoms with Gasteiger partial charge in [-0.3, -0.25) is 9.59 Å². The van der Waals surface area contributed by atoms with Crippen LogP contribution >= 0.6 is 0 Å². The van der Waals surface area contributed by atoms with Crippen molar-refractivity contribution in [3.8, 4) is 0 Å². The molecule has 1 N–H and O–H groups in total. The molecule has 2 fully saturated rings. The number of hydrogen-bond donors (Lipinski definition) is 1. The van der Waals surface area contributed by atoms with E-state index in [9.17, 15) is 9.59 Å². The molecule has 118 valence electrons. The van der Waals surface area contributed by atoms with E-state index < -0.39 is 11.8 Å². The van der Waals surface area contributed by atoms with Gasteiger partial charge >= 0.3 is 11.8 Å². The molecule has 2 unspecified atom stereocenters. The van der Waals surface area contributed by atoms with Crippen LogP contribution in [0.15, 0.2) is 30.3 Å². The predicted octanol–water partition coefficient (Wildman–Crippen LogP) is 3.05. The summed E-state index contributed by atoms with van der Waals surface area (Å²) in [6.45, 7) is 7.45. The Morgan fingerprint density at radius 1 is 1.14 bits per heavy atom. The van der Waals surface area contributed by atoms with E-state index in [1.54, 1.807) is 17.0 Å². The second kappa shape index (κ2) is 5.11. The standard InChI is InChI=1S/C18H24N2O2/c1-17(2)9-14-10-18(3,11-17)12-20(14)16(22)15(21)19-13-7-5-4-6-8-13/h4-8,14H,9-12H2,1-3H3,(H,19,21). The fourth-order valence-corrected chi connectivity index (χ4v) is 4.53. The van der Waals surface area contributed by atoms with Crippen molar-refractivity contribution in [3.63, 3.8) is 0 Å². The fourth-order valence-electron chi connectivity index (χ4n) is 4.53. The van der Waals surface area contributed by atoms with Crippen molar-refractivity contribution in [2.24, 2.45) is 10.8 Å². The summed E-state index contributed by atoms with van der Waals surface area (Å²) in [5, 5.41) is 2.70. The Morgan fingerprint density at radius 3 is 2.50 bits per heavy atom. The molecule has 3 rings (SSSR count). The summed E-state index contributed by atoms with van der Waals surface area (Å²) in [7, 11) is 0. The van der Waals surface area contributed by atoms with E-state index in [-0.39, 0.29) is 16.9 Å². The minimum Gasteiger partial charge on any atom is -0.331 e. The van der Waals surface area contributed by atoms with Crippen molar-refractivity contribution in [3.05, 3.63) is 30.3 Å². The lowest BCUT2D eigenvalue weighted by molar-refractivity contribution is -0.144. The fraction of sp³-hybridized carbons (Fsp3) is 0.556. The minimum atomic E-state index is -0.528. The summed E-state index contributed by atoms with van der Waals surface area (Å²) < 4.78 is 0. The lowest BCUT2D eigenvalue weighted by Gasteiger charge is -2.39. The minimum absolute atomic E-state index is 0.148. The smallest absolute Gasteiger partial charge is 0.313 e. The van der Waals surface area contributed by atoms with E-state index in [1.807, 2.05) is 18.2 Å². The Morgan fingerprint density at radius 2 is 1.82 bits per heavy atom. The first kappa shape index (κ1) is 15.1. The van der Waals surface area contributed by atoms with Crippen LogP contribution in [0.4, 0.5) is 5.69 Å². The predicted molar refractivity (Wildman–Crippen MR) is 86.3 cm³/mol. The van der Waals surface area contributed by atoms with Crippen LogP contribution in [0.3, 0.4) is 0 Å². The van der Waals surface area contributed by atoms with Crippen molar-refractivity contribution in [2.45, 2.75) is 46.1 Å². The molecule has 0 aromatic heterocycles. The van der Waals surface area contributed by atoms with Crippen molar-refractivity contribution in [2.75, 3.05) is 11.9 Å². The van der Waals surface area contributed by atoms with Crippen molar-refractivity contribution >= 4 is 17.5 Å². The van der Waals surface area contributed by atoms with Gasteiger partial charge in [-0.15, -0.1) is 0 Å². The summed E-state index contributed by atoms with van der Waals surface area (Å²) in [6.07, 6.45) is 3.11. The zero-order valence-electron chi connectivity index (χ0n) is 13.6. The molecule has 1 aromatic carbocycles. The van der Waals surface area contributed by atoms with E-state index in [0.717, 1.165) is 19.3 Å². The number of fused-ring (bicyclic) bond motifs is 2. The van der Waals surface area contributed by atoms with Gasteiger partial charge in [-0.05, 0) is 42.2 Å².